The van der Waals surface area contributed by atoms with Crippen LogP contribution >= 0.6 is 0 Å². The fourth-order valence-electron chi connectivity index (χ4n) is 5.35. The number of hydrogen-bond donors (Lipinski definition) is 7. The average Bonchev–Trinajstić information content (AvgIpc) is 3.01. The summed E-state index contributed by atoms with van der Waals surface area (Å²) in [6.07, 6.45) is -15.5. The maximum absolute atomic E-state index is 13.1. The molecule has 3 aliphatic rings. The zero-order chi connectivity index (χ0) is 31.9. The highest BCUT2D eigenvalue weighted by Crippen LogP contribution is 2.44. The molecule has 0 aliphatic carbocycles. The van der Waals surface area contributed by atoms with Crippen LogP contribution in [0.3, 0.4) is 0 Å². The van der Waals surface area contributed by atoms with Gasteiger partial charge in [-0.1, -0.05) is 6.07 Å². The summed E-state index contributed by atoms with van der Waals surface area (Å²) in [6, 6.07) is 7.38. The number of Topliss-reactive ketones (excluding diaryl/α,β-unsaturated/α-hetero) is 1. The molecule has 2 fully saturated rings. The van der Waals surface area contributed by atoms with E-state index in [0.717, 1.165) is 0 Å². The number of ketones is 1. The molecule has 242 valence electrons. The van der Waals surface area contributed by atoms with Crippen molar-refractivity contribution in [2.24, 2.45) is 0 Å². The van der Waals surface area contributed by atoms with Gasteiger partial charge in [0.15, 0.2) is 23.6 Å². The molecular formula is C29H36O15. The van der Waals surface area contributed by atoms with E-state index in [1.807, 2.05) is 0 Å². The highest BCUT2D eigenvalue weighted by molar-refractivity contribution is 6.02. The second-order valence-corrected chi connectivity index (χ2v) is 10.8. The van der Waals surface area contributed by atoms with E-state index in [2.05, 4.69) is 0 Å². The molecule has 3 heterocycles. The van der Waals surface area contributed by atoms with Gasteiger partial charge in [0.1, 0.15) is 71.6 Å². The number of aliphatic hydroxyl groups excluding tert-OH is 6. The van der Waals surface area contributed by atoms with E-state index in [-0.39, 0.29) is 46.5 Å². The molecule has 0 amide bonds. The highest BCUT2D eigenvalue weighted by atomic mass is 16.7. The van der Waals surface area contributed by atoms with Gasteiger partial charge in [-0.2, -0.15) is 0 Å². The Morgan fingerprint density at radius 1 is 0.818 bits per heavy atom. The molecule has 7 N–H and O–H groups in total. The first kappa shape index (κ1) is 32.2. The zero-order valence-corrected chi connectivity index (χ0v) is 24.0. The Kier molecular flexibility index (Phi) is 9.50. The number of carbonyl (C=O) groups excluding carboxylic acids is 1. The van der Waals surface area contributed by atoms with Gasteiger partial charge in [0.05, 0.1) is 33.4 Å². The third-order valence-electron chi connectivity index (χ3n) is 7.91. The van der Waals surface area contributed by atoms with Crippen LogP contribution in [-0.2, 0) is 14.2 Å². The molecule has 44 heavy (non-hydrogen) atoms. The van der Waals surface area contributed by atoms with Gasteiger partial charge in [-0.15, -0.1) is 0 Å². The van der Waals surface area contributed by atoms with E-state index >= 15 is 0 Å². The third kappa shape index (κ3) is 6.15. The smallest absolute Gasteiger partial charge is 0.229 e. The molecule has 2 saturated heterocycles. The Morgan fingerprint density at radius 3 is 2.18 bits per heavy atom. The predicted molar refractivity (Wildman–Crippen MR) is 146 cm³/mol. The molecule has 0 bridgehead atoms. The monoisotopic (exact) mass is 624 g/mol. The lowest BCUT2D eigenvalue weighted by molar-refractivity contribution is -0.318. The van der Waals surface area contributed by atoms with Crippen molar-refractivity contribution in [2.45, 2.75) is 80.9 Å². The lowest BCUT2D eigenvalue weighted by Gasteiger charge is -2.42. The van der Waals surface area contributed by atoms with Crippen molar-refractivity contribution in [3.05, 3.63) is 41.5 Å². The Labute approximate surface area is 251 Å². The minimum absolute atomic E-state index is 0.0240. The van der Waals surface area contributed by atoms with Gasteiger partial charge in [-0.3, -0.25) is 4.79 Å². The average molecular weight is 625 g/mol. The molecule has 0 radical (unpaired) electrons. The number of methoxy groups -OCH3 is 2. The van der Waals surface area contributed by atoms with E-state index in [9.17, 15) is 40.5 Å². The largest absolute Gasteiger partial charge is 0.504 e. The van der Waals surface area contributed by atoms with Crippen molar-refractivity contribution in [1.29, 1.82) is 0 Å². The summed E-state index contributed by atoms with van der Waals surface area (Å²) in [5.41, 5.74) is 0.676. The van der Waals surface area contributed by atoms with E-state index in [4.69, 9.17) is 33.2 Å². The summed E-state index contributed by atoms with van der Waals surface area (Å²) >= 11 is 0. The second kappa shape index (κ2) is 13.0. The van der Waals surface area contributed by atoms with Gasteiger partial charge >= 0.3 is 0 Å². The highest BCUT2D eigenvalue weighted by Gasteiger charge is 2.47. The van der Waals surface area contributed by atoms with Crippen molar-refractivity contribution >= 4 is 5.78 Å². The molecule has 2 aromatic carbocycles. The van der Waals surface area contributed by atoms with E-state index in [1.54, 1.807) is 12.1 Å². The topological polar surface area (TPSA) is 223 Å². The predicted octanol–water partition coefficient (Wildman–Crippen LogP) is -0.854. The maximum atomic E-state index is 13.1. The summed E-state index contributed by atoms with van der Waals surface area (Å²) in [5.74, 6) is 0.0679. The summed E-state index contributed by atoms with van der Waals surface area (Å²) in [7, 11) is 2.76. The van der Waals surface area contributed by atoms with Gasteiger partial charge < -0.3 is 68.9 Å². The van der Waals surface area contributed by atoms with E-state index in [1.165, 1.54) is 39.3 Å². The molecule has 0 saturated carbocycles. The maximum Gasteiger partial charge on any atom is 0.229 e. The molecular weight excluding hydrogens is 588 g/mol. The number of benzene rings is 2. The Balaban J connectivity index is 1.33. The molecule has 15 nitrogen and oxygen atoms in total. The minimum atomic E-state index is -1.74. The molecule has 0 spiro atoms. The standard InChI is InChI=1S/C29H36O15/c1-11-22(32)24(34)26(36)28(41-11)40-10-20-23(33)25(35)27(37)29(44-20)42-13-7-18(39-3)21-15(31)9-17(43-19(21)8-13)12-4-5-16(38-2)14(30)6-12/h4-8,11,17,20,22-30,32-37H,9-10H2,1-3H3/t11-,17-,20+,22-,23+,24+,25-,26+,27+,28+,29+/m0/s1. The molecule has 11 atom stereocenters. The van der Waals surface area contributed by atoms with E-state index in [0.29, 0.717) is 5.56 Å². The molecule has 0 unspecified atom stereocenters. The molecule has 15 heteroatoms. The molecule has 5 rings (SSSR count). The fraction of sp³-hybridized carbons (Fsp3) is 0.552. The van der Waals surface area contributed by atoms with Crippen molar-refractivity contribution in [2.75, 3.05) is 20.8 Å². The number of carbonyl (C=O) groups is 1. The summed E-state index contributed by atoms with van der Waals surface area (Å²) in [6.45, 7) is 1.00. The van der Waals surface area contributed by atoms with Gasteiger partial charge in [0, 0.05) is 12.1 Å². The first-order valence-corrected chi connectivity index (χ1v) is 13.9. The van der Waals surface area contributed by atoms with Crippen molar-refractivity contribution < 1.29 is 73.7 Å². The Bertz CT molecular complexity index is 1340. The third-order valence-corrected chi connectivity index (χ3v) is 7.91. The number of phenolic OH excluding ortho intramolecular Hbond substituents is 1. The number of rotatable bonds is 8. The molecule has 2 aromatic rings. The number of phenols is 1. The number of aliphatic hydroxyl groups is 6. The molecule has 0 aromatic heterocycles. The van der Waals surface area contributed by atoms with Crippen LogP contribution in [0.4, 0.5) is 0 Å². The summed E-state index contributed by atoms with van der Waals surface area (Å²) in [5, 5.41) is 72.0. The second-order valence-electron chi connectivity index (χ2n) is 10.8. The lowest BCUT2D eigenvalue weighted by atomic mass is 9.95. The number of ether oxygens (including phenoxy) is 7. The minimum Gasteiger partial charge on any atom is -0.504 e. The number of aromatic hydroxyl groups is 1. The molecule has 3 aliphatic heterocycles. The Morgan fingerprint density at radius 2 is 1.50 bits per heavy atom. The van der Waals surface area contributed by atoms with Crippen molar-refractivity contribution in [1.82, 2.24) is 0 Å². The Hall–Kier alpha value is -3.25. The van der Waals surface area contributed by atoms with Gasteiger partial charge in [0.25, 0.3) is 0 Å². The number of fused-ring (bicyclic) bond motifs is 1. The van der Waals surface area contributed by atoms with Gasteiger partial charge in [0.2, 0.25) is 6.29 Å². The van der Waals surface area contributed by atoms with Crippen molar-refractivity contribution in [3.63, 3.8) is 0 Å². The number of hydrogen-bond acceptors (Lipinski definition) is 15. The summed E-state index contributed by atoms with van der Waals surface area (Å²) in [4.78, 5) is 13.1. The van der Waals surface area contributed by atoms with Gasteiger partial charge in [-0.05, 0) is 24.6 Å². The van der Waals surface area contributed by atoms with Crippen LogP contribution in [-0.4, -0.2) is 124 Å². The lowest BCUT2D eigenvalue weighted by Crippen LogP contribution is -2.61. The normalized spacial score (nSPS) is 35.4. The SMILES string of the molecule is COc1ccc([C@@H]2CC(=O)c3c(OC)cc(O[C@@H]4O[C@H](CO[C@@H]5O[C@@H](C)[C@H](O)[C@@H](O)[C@H]5O)[C@@H](O)[C@H](O)[C@H]4O)cc3O2)cc1O. The van der Waals surface area contributed by atoms with Crippen molar-refractivity contribution in [3.8, 4) is 28.7 Å². The van der Waals surface area contributed by atoms with Crippen LogP contribution in [0.5, 0.6) is 28.7 Å². The van der Waals surface area contributed by atoms with Crippen LogP contribution < -0.4 is 18.9 Å². The fourth-order valence-corrected chi connectivity index (χ4v) is 5.35. The van der Waals surface area contributed by atoms with Crippen LogP contribution in [0.15, 0.2) is 30.3 Å². The quantitative estimate of drug-likeness (QED) is 0.190. The van der Waals surface area contributed by atoms with Gasteiger partial charge in [-0.25, -0.2) is 0 Å². The summed E-state index contributed by atoms with van der Waals surface area (Å²) < 4.78 is 39.0. The van der Waals surface area contributed by atoms with Crippen LogP contribution in [0.25, 0.3) is 0 Å². The zero-order valence-electron chi connectivity index (χ0n) is 24.0. The first-order valence-electron chi connectivity index (χ1n) is 13.9. The van der Waals surface area contributed by atoms with Crippen LogP contribution in [0.1, 0.15) is 35.4 Å². The first-order chi connectivity index (χ1) is 20.9. The van der Waals surface area contributed by atoms with Crippen LogP contribution in [0.2, 0.25) is 0 Å². The van der Waals surface area contributed by atoms with Crippen LogP contribution in [0, 0.1) is 0 Å². The van der Waals surface area contributed by atoms with E-state index < -0.39 is 74.1 Å².